The molecule has 0 aliphatic heterocycles. The standard InChI is InChI=1S/C16H19NO3/c1-16(2,3)20-15(19)17-13(8-6-10-18)11-12-7-4-5-9-14(12)17/h4-9,11,18H,10H2,1-3H3/b8-6+. The lowest BCUT2D eigenvalue weighted by molar-refractivity contribution is 0.0543. The Morgan fingerprint density at radius 1 is 1.35 bits per heavy atom. The van der Waals surface area contributed by atoms with E-state index >= 15 is 0 Å². The average Bonchev–Trinajstić information content (AvgIpc) is 2.72. The van der Waals surface area contributed by atoms with Crippen molar-refractivity contribution in [3.8, 4) is 0 Å². The second kappa shape index (κ2) is 5.51. The summed E-state index contributed by atoms with van der Waals surface area (Å²) in [6.07, 6.45) is 2.88. The van der Waals surface area contributed by atoms with Crippen molar-refractivity contribution in [3.63, 3.8) is 0 Å². The molecule has 20 heavy (non-hydrogen) atoms. The number of fused-ring (bicyclic) bond motifs is 1. The van der Waals surface area contributed by atoms with Crippen LogP contribution in [-0.4, -0.2) is 28.0 Å². The molecule has 0 saturated heterocycles. The van der Waals surface area contributed by atoms with Gasteiger partial charge in [0.15, 0.2) is 0 Å². The van der Waals surface area contributed by atoms with Crippen molar-refractivity contribution in [3.05, 3.63) is 42.1 Å². The highest BCUT2D eigenvalue weighted by molar-refractivity contribution is 5.93. The highest BCUT2D eigenvalue weighted by Gasteiger charge is 2.21. The van der Waals surface area contributed by atoms with Crippen molar-refractivity contribution < 1.29 is 14.6 Å². The molecule has 0 spiro atoms. The molecule has 1 aromatic carbocycles. The van der Waals surface area contributed by atoms with E-state index in [1.54, 1.807) is 12.2 Å². The number of aliphatic hydroxyl groups excluding tert-OH is 1. The molecule has 2 aromatic rings. The highest BCUT2D eigenvalue weighted by atomic mass is 16.6. The van der Waals surface area contributed by atoms with E-state index in [1.807, 2.05) is 51.1 Å². The van der Waals surface area contributed by atoms with E-state index in [9.17, 15) is 4.79 Å². The Morgan fingerprint density at radius 2 is 2.05 bits per heavy atom. The number of aliphatic hydroxyl groups is 1. The van der Waals surface area contributed by atoms with Gasteiger partial charge in [0, 0.05) is 5.39 Å². The van der Waals surface area contributed by atoms with Gasteiger partial charge < -0.3 is 9.84 Å². The molecule has 0 amide bonds. The van der Waals surface area contributed by atoms with Crippen LogP contribution in [0.3, 0.4) is 0 Å². The maximum atomic E-state index is 12.4. The summed E-state index contributed by atoms with van der Waals surface area (Å²) in [6, 6.07) is 9.50. The van der Waals surface area contributed by atoms with E-state index in [4.69, 9.17) is 9.84 Å². The van der Waals surface area contributed by atoms with Gasteiger partial charge >= 0.3 is 6.09 Å². The number of nitrogens with zero attached hydrogens (tertiary/aromatic N) is 1. The summed E-state index contributed by atoms with van der Waals surface area (Å²) in [5.41, 5.74) is 0.925. The lowest BCUT2D eigenvalue weighted by Crippen LogP contribution is -2.27. The Labute approximate surface area is 118 Å². The SMILES string of the molecule is CC(C)(C)OC(=O)n1c(/C=C/CO)cc2ccccc21. The van der Waals surface area contributed by atoms with Gasteiger partial charge in [0.25, 0.3) is 0 Å². The molecule has 1 heterocycles. The van der Waals surface area contributed by atoms with Crippen LogP contribution in [0.15, 0.2) is 36.4 Å². The zero-order chi connectivity index (χ0) is 14.8. The molecule has 0 aliphatic rings. The fourth-order valence-electron chi connectivity index (χ4n) is 1.98. The Morgan fingerprint density at radius 3 is 2.70 bits per heavy atom. The molecule has 0 fully saturated rings. The van der Waals surface area contributed by atoms with Gasteiger partial charge in [-0.3, -0.25) is 0 Å². The predicted molar refractivity (Wildman–Crippen MR) is 79.7 cm³/mol. The second-order valence-electron chi connectivity index (χ2n) is 5.53. The van der Waals surface area contributed by atoms with Crippen molar-refractivity contribution in [2.45, 2.75) is 26.4 Å². The highest BCUT2D eigenvalue weighted by Crippen LogP contribution is 2.22. The smallest absolute Gasteiger partial charge is 0.419 e. The van der Waals surface area contributed by atoms with E-state index in [-0.39, 0.29) is 6.61 Å². The van der Waals surface area contributed by atoms with E-state index in [0.717, 1.165) is 10.9 Å². The first kappa shape index (κ1) is 14.3. The first-order valence-corrected chi connectivity index (χ1v) is 6.53. The van der Waals surface area contributed by atoms with Crippen LogP contribution in [-0.2, 0) is 4.74 Å². The van der Waals surface area contributed by atoms with Crippen LogP contribution < -0.4 is 0 Å². The molecule has 1 aromatic heterocycles. The Balaban J connectivity index is 2.53. The minimum Gasteiger partial charge on any atom is -0.443 e. The Kier molecular flexibility index (Phi) is 3.95. The van der Waals surface area contributed by atoms with Gasteiger partial charge in [0.05, 0.1) is 17.8 Å². The average molecular weight is 273 g/mol. The van der Waals surface area contributed by atoms with Crippen molar-refractivity contribution in [2.24, 2.45) is 0 Å². The Hall–Kier alpha value is -2.07. The molecule has 0 unspecified atom stereocenters. The normalized spacial score (nSPS) is 12.2. The summed E-state index contributed by atoms with van der Waals surface area (Å²) < 4.78 is 6.96. The lowest BCUT2D eigenvalue weighted by Gasteiger charge is -2.20. The van der Waals surface area contributed by atoms with Crippen LogP contribution in [0.1, 0.15) is 26.5 Å². The molecule has 4 nitrogen and oxygen atoms in total. The molecular formula is C16H19NO3. The zero-order valence-corrected chi connectivity index (χ0v) is 12.0. The minimum absolute atomic E-state index is 0.0736. The van der Waals surface area contributed by atoms with Gasteiger partial charge in [-0.25, -0.2) is 9.36 Å². The van der Waals surface area contributed by atoms with Gasteiger partial charge in [0.2, 0.25) is 0 Å². The number of aromatic nitrogens is 1. The van der Waals surface area contributed by atoms with Gasteiger partial charge in [-0.1, -0.05) is 24.3 Å². The number of ether oxygens (including phenoxy) is 1. The molecule has 106 valence electrons. The number of para-hydroxylation sites is 1. The van der Waals surface area contributed by atoms with E-state index in [1.165, 1.54) is 4.57 Å². The van der Waals surface area contributed by atoms with Gasteiger partial charge in [0.1, 0.15) is 5.60 Å². The first-order chi connectivity index (χ1) is 9.42. The fourth-order valence-corrected chi connectivity index (χ4v) is 1.98. The van der Waals surface area contributed by atoms with Crippen molar-refractivity contribution in [1.82, 2.24) is 4.57 Å². The molecule has 0 saturated carbocycles. The number of hydrogen-bond donors (Lipinski definition) is 1. The number of benzene rings is 1. The van der Waals surface area contributed by atoms with E-state index in [0.29, 0.717) is 5.69 Å². The quantitative estimate of drug-likeness (QED) is 0.912. The molecule has 0 atom stereocenters. The third-order valence-electron chi connectivity index (χ3n) is 2.71. The summed E-state index contributed by atoms with van der Waals surface area (Å²) in [5, 5.41) is 9.86. The summed E-state index contributed by atoms with van der Waals surface area (Å²) in [7, 11) is 0. The molecular weight excluding hydrogens is 254 g/mol. The van der Waals surface area contributed by atoms with Gasteiger partial charge in [-0.2, -0.15) is 0 Å². The first-order valence-electron chi connectivity index (χ1n) is 6.53. The minimum atomic E-state index is -0.555. The molecule has 0 radical (unpaired) electrons. The van der Waals surface area contributed by atoms with Crippen LogP contribution in [0.25, 0.3) is 17.0 Å². The fraction of sp³-hybridized carbons (Fsp3) is 0.312. The summed E-state index contributed by atoms with van der Waals surface area (Å²) in [5.74, 6) is 0. The molecule has 0 aliphatic carbocycles. The number of carbonyl (C=O) groups is 1. The summed E-state index contributed by atoms with van der Waals surface area (Å²) in [4.78, 5) is 12.4. The van der Waals surface area contributed by atoms with Gasteiger partial charge in [-0.15, -0.1) is 0 Å². The van der Waals surface area contributed by atoms with E-state index < -0.39 is 11.7 Å². The van der Waals surface area contributed by atoms with Crippen LogP contribution >= 0.6 is 0 Å². The lowest BCUT2D eigenvalue weighted by atomic mass is 10.2. The maximum Gasteiger partial charge on any atom is 0.419 e. The molecule has 1 N–H and O–H groups in total. The number of carbonyl (C=O) groups excluding carboxylic acids is 1. The second-order valence-corrected chi connectivity index (χ2v) is 5.53. The zero-order valence-electron chi connectivity index (χ0n) is 12.0. The van der Waals surface area contributed by atoms with Crippen molar-refractivity contribution in [2.75, 3.05) is 6.61 Å². The molecule has 0 bridgehead atoms. The number of hydrogen-bond acceptors (Lipinski definition) is 3. The van der Waals surface area contributed by atoms with Crippen LogP contribution in [0.4, 0.5) is 4.79 Å². The number of rotatable bonds is 2. The van der Waals surface area contributed by atoms with Gasteiger partial charge in [-0.05, 0) is 39.0 Å². The topological polar surface area (TPSA) is 51.5 Å². The summed E-state index contributed by atoms with van der Waals surface area (Å²) in [6.45, 7) is 5.43. The van der Waals surface area contributed by atoms with E-state index in [2.05, 4.69) is 0 Å². The van der Waals surface area contributed by atoms with Crippen LogP contribution in [0.2, 0.25) is 0 Å². The van der Waals surface area contributed by atoms with Crippen LogP contribution in [0, 0.1) is 0 Å². The third kappa shape index (κ3) is 3.08. The van der Waals surface area contributed by atoms with Crippen molar-refractivity contribution >= 4 is 23.1 Å². The predicted octanol–water partition coefficient (Wildman–Crippen LogP) is 3.43. The van der Waals surface area contributed by atoms with Crippen molar-refractivity contribution in [1.29, 1.82) is 0 Å². The largest absolute Gasteiger partial charge is 0.443 e. The monoisotopic (exact) mass is 273 g/mol. The summed E-state index contributed by atoms with van der Waals surface area (Å²) >= 11 is 0. The maximum absolute atomic E-state index is 12.4. The molecule has 2 rings (SSSR count). The third-order valence-corrected chi connectivity index (χ3v) is 2.71. The Bertz CT molecular complexity index is 647. The molecule has 4 heteroatoms. The van der Waals surface area contributed by atoms with Crippen LogP contribution in [0.5, 0.6) is 0 Å².